The summed E-state index contributed by atoms with van der Waals surface area (Å²) in [4.78, 5) is 17.8. The van der Waals surface area contributed by atoms with Gasteiger partial charge in [0, 0.05) is 12.0 Å². The Kier molecular flexibility index (Phi) is 3.94. The number of carbonyl (C=O) groups is 1. The fourth-order valence-electron chi connectivity index (χ4n) is 2.17. The van der Waals surface area contributed by atoms with Crippen molar-refractivity contribution in [1.82, 2.24) is 4.98 Å². The summed E-state index contributed by atoms with van der Waals surface area (Å²) < 4.78 is 0. The number of aromatic nitrogens is 1. The summed E-state index contributed by atoms with van der Waals surface area (Å²) >= 11 is 7.60. The number of hydrogen-bond donors (Lipinski definition) is 1. The molecule has 0 spiro atoms. The first-order valence-corrected chi connectivity index (χ1v) is 7.58. The average Bonchev–Trinajstić information content (AvgIpc) is 2.63. The van der Waals surface area contributed by atoms with E-state index in [9.17, 15) is 10.1 Å². The van der Waals surface area contributed by atoms with Crippen LogP contribution >= 0.6 is 22.9 Å². The van der Waals surface area contributed by atoms with E-state index in [1.54, 1.807) is 4.90 Å². The highest BCUT2D eigenvalue weighted by Crippen LogP contribution is 2.41. The fourth-order valence-corrected chi connectivity index (χ4v) is 3.74. The third kappa shape index (κ3) is 2.74. The maximum Gasteiger partial charge on any atom is 0.220 e. The molecular weight excluding hydrogens is 296 g/mol. The van der Waals surface area contributed by atoms with Gasteiger partial charge in [0.1, 0.15) is 5.15 Å². The van der Waals surface area contributed by atoms with Crippen molar-refractivity contribution < 1.29 is 4.79 Å². The minimum atomic E-state index is -0.299. The first-order chi connectivity index (χ1) is 9.24. The molecule has 0 saturated heterocycles. The van der Waals surface area contributed by atoms with Gasteiger partial charge in [0.15, 0.2) is 6.19 Å². The largest absolute Gasteiger partial charge is 0.369 e. The van der Waals surface area contributed by atoms with Crippen molar-refractivity contribution in [3.63, 3.8) is 0 Å². The lowest BCUT2D eigenvalue weighted by Crippen LogP contribution is -2.47. The Balaban J connectivity index is 2.18. The normalized spacial score (nSPS) is 21.9. The first kappa shape index (κ1) is 15.1. The van der Waals surface area contributed by atoms with Gasteiger partial charge in [-0.05, 0) is 18.3 Å². The Morgan fingerprint density at radius 3 is 2.55 bits per heavy atom. The van der Waals surface area contributed by atoms with Crippen LogP contribution in [0.2, 0.25) is 5.15 Å². The van der Waals surface area contributed by atoms with E-state index in [2.05, 4.69) is 31.9 Å². The number of thiazole rings is 1. The van der Waals surface area contributed by atoms with Crippen molar-refractivity contribution in [2.75, 3.05) is 4.90 Å². The highest BCUT2D eigenvalue weighted by molar-refractivity contribution is 7.16. The predicted octanol–water partition coefficient (Wildman–Crippen LogP) is 2.65. The maximum absolute atomic E-state index is 11.1. The molecule has 5 nitrogen and oxygen atoms in total. The van der Waals surface area contributed by atoms with E-state index in [1.807, 2.05) is 0 Å². The molecular formula is C13H17ClN4OS. The molecule has 1 heterocycles. The number of primary amides is 1. The van der Waals surface area contributed by atoms with Crippen LogP contribution in [0.5, 0.6) is 0 Å². The summed E-state index contributed by atoms with van der Waals surface area (Å²) in [5.74, 6) is -0.430. The lowest BCUT2D eigenvalue weighted by molar-refractivity contribution is -0.124. The molecule has 2 N–H and O–H groups in total. The van der Waals surface area contributed by atoms with Crippen LogP contribution < -0.4 is 10.6 Å². The van der Waals surface area contributed by atoms with E-state index in [0.29, 0.717) is 23.1 Å². The second-order valence-electron chi connectivity index (χ2n) is 6.06. The van der Waals surface area contributed by atoms with E-state index in [0.717, 1.165) is 4.88 Å². The molecule has 1 aromatic rings. The SMILES string of the molecule is CC(C)(C)c1sc(N(C#N)C2CC(C(N)=O)C2)nc1Cl. The molecule has 0 unspecified atom stereocenters. The van der Waals surface area contributed by atoms with Gasteiger partial charge in [0.2, 0.25) is 11.0 Å². The predicted molar refractivity (Wildman–Crippen MR) is 79.6 cm³/mol. The number of nitrogens with two attached hydrogens (primary N) is 1. The molecule has 0 aliphatic heterocycles. The van der Waals surface area contributed by atoms with Gasteiger partial charge in [-0.1, -0.05) is 43.7 Å². The van der Waals surface area contributed by atoms with Gasteiger partial charge in [-0.2, -0.15) is 5.26 Å². The van der Waals surface area contributed by atoms with Crippen LogP contribution in [0.15, 0.2) is 0 Å². The zero-order valence-corrected chi connectivity index (χ0v) is 13.3. The maximum atomic E-state index is 11.1. The molecule has 0 atom stereocenters. The number of halogens is 1. The lowest BCUT2D eigenvalue weighted by Gasteiger charge is -2.37. The third-order valence-corrected chi connectivity index (χ3v) is 5.32. The van der Waals surface area contributed by atoms with E-state index in [1.165, 1.54) is 11.3 Å². The van der Waals surface area contributed by atoms with E-state index >= 15 is 0 Å². The number of anilines is 1. The molecule has 2 rings (SSSR count). The molecule has 7 heteroatoms. The monoisotopic (exact) mass is 312 g/mol. The molecule has 1 aliphatic carbocycles. The minimum Gasteiger partial charge on any atom is -0.369 e. The summed E-state index contributed by atoms with van der Waals surface area (Å²) in [6, 6.07) is -0.00691. The summed E-state index contributed by atoms with van der Waals surface area (Å²) in [6.07, 6.45) is 3.35. The number of nitriles is 1. The Hall–Kier alpha value is -1.32. The van der Waals surface area contributed by atoms with Crippen molar-refractivity contribution >= 4 is 34.0 Å². The second kappa shape index (κ2) is 5.23. The molecule has 1 saturated carbocycles. The second-order valence-corrected chi connectivity index (χ2v) is 7.40. The van der Waals surface area contributed by atoms with Crippen LogP contribution in [0.1, 0.15) is 38.5 Å². The quantitative estimate of drug-likeness (QED) is 0.687. The molecule has 108 valence electrons. The van der Waals surface area contributed by atoms with E-state index in [4.69, 9.17) is 17.3 Å². The summed E-state index contributed by atoms with van der Waals surface area (Å²) in [5, 5.41) is 10.4. The van der Waals surface area contributed by atoms with Gasteiger partial charge in [-0.15, -0.1) is 0 Å². The summed E-state index contributed by atoms with van der Waals surface area (Å²) in [7, 11) is 0. The Bertz CT molecular complexity index is 566. The molecule has 20 heavy (non-hydrogen) atoms. The smallest absolute Gasteiger partial charge is 0.220 e. The van der Waals surface area contributed by atoms with Crippen molar-refractivity contribution in [1.29, 1.82) is 5.26 Å². The van der Waals surface area contributed by atoms with Gasteiger partial charge in [-0.3, -0.25) is 9.69 Å². The van der Waals surface area contributed by atoms with Crippen LogP contribution in [0, 0.1) is 17.4 Å². The number of carbonyl (C=O) groups excluding carboxylic acids is 1. The van der Waals surface area contributed by atoms with E-state index < -0.39 is 0 Å². The highest BCUT2D eigenvalue weighted by atomic mass is 35.5. The van der Waals surface area contributed by atoms with Crippen LogP contribution in [-0.2, 0) is 10.2 Å². The lowest BCUT2D eigenvalue weighted by atomic mass is 9.79. The van der Waals surface area contributed by atoms with Crippen LogP contribution in [0.4, 0.5) is 5.13 Å². The Morgan fingerprint density at radius 2 is 2.15 bits per heavy atom. The van der Waals surface area contributed by atoms with Gasteiger partial charge in [0.05, 0.1) is 4.88 Å². The standard InChI is InChI=1S/C13H17ClN4OS/c1-13(2,3)9-10(14)17-12(20-9)18(6-15)8-4-7(5-8)11(16)19/h7-8H,4-5H2,1-3H3,(H2,16,19). The topological polar surface area (TPSA) is 83.0 Å². The van der Waals surface area contributed by atoms with Crippen molar-refractivity contribution in [2.24, 2.45) is 11.7 Å². The van der Waals surface area contributed by atoms with Crippen LogP contribution in [0.25, 0.3) is 0 Å². The minimum absolute atomic E-state index is 0.00691. The summed E-state index contributed by atoms with van der Waals surface area (Å²) in [6.45, 7) is 6.16. The zero-order valence-electron chi connectivity index (χ0n) is 11.7. The number of nitrogens with zero attached hydrogens (tertiary/aromatic N) is 3. The molecule has 1 aliphatic rings. The number of amides is 1. The third-order valence-electron chi connectivity index (χ3n) is 3.45. The highest BCUT2D eigenvalue weighted by Gasteiger charge is 2.39. The fraction of sp³-hybridized carbons (Fsp3) is 0.615. The summed E-state index contributed by atoms with van der Waals surface area (Å²) in [5.41, 5.74) is 5.14. The van der Waals surface area contributed by atoms with Crippen LogP contribution in [0.3, 0.4) is 0 Å². The molecule has 1 amide bonds. The molecule has 0 bridgehead atoms. The zero-order chi connectivity index (χ0) is 15.1. The average molecular weight is 313 g/mol. The van der Waals surface area contributed by atoms with Gasteiger partial charge >= 0.3 is 0 Å². The molecule has 0 radical (unpaired) electrons. The van der Waals surface area contributed by atoms with Gasteiger partial charge < -0.3 is 5.73 Å². The van der Waals surface area contributed by atoms with Crippen molar-refractivity contribution in [3.8, 4) is 6.19 Å². The molecule has 1 fully saturated rings. The number of rotatable bonds is 3. The van der Waals surface area contributed by atoms with E-state index in [-0.39, 0.29) is 23.3 Å². The molecule has 1 aromatic heterocycles. The van der Waals surface area contributed by atoms with Crippen molar-refractivity contribution in [3.05, 3.63) is 10.0 Å². The van der Waals surface area contributed by atoms with Gasteiger partial charge in [-0.25, -0.2) is 4.98 Å². The van der Waals surface area contributed by atoms with Crippen LogP contribution in [-0.4, -0.2) is 16.9 Å². The Labute approximate surface area is 127 Å². The van der Waals surface area contributed by atoms with Gasteiger partial charge in [0.25, 0.3) is 0 Å². The molecule has 0 aromatic carbocycles. The van der Waals surface area contributed by atoms with Crippen molar-refractivity contribution in [2.45, 2.75) is 45.1 Å². The Morgan fingerprint density at radius 1 is 1.55 bits per heavy atom. The number of hydrogen-bond acceptors (Lipinski definition) is 5. The first-order valence-electron chi connectivity index (χ1n) is 6.39.